The van der Waals surface area contributed by atoms with Gasteiger partial charge in [-0.15, -0.1) is 0 Å². The molecule has 0 amide bonds. The predicted octanol–water partition coefficient (Wildman–Crippen LogP) is 5.11. The van der Waals surface area contributed by atoms with E-state index in [2.05, 4.69) is 88.4 Å². The molecule has 2 aromatic heterocycles. The molecule has 0 spiro atoms. The third kappa shape index (κ3) is 3.66. The van der Waals surface area contributed by atoms with Gasteiger partial charge in [0.15, 0.2) is 0 Å². The summed E-state index contributed by atoms with van der Waals surface area (Å²) in [6.45, 7) is 6.09. The first-order chi connectivity index (χ1) is 14.7. The van der Waals surface area contributed by atoms with Crippen LogP contribution in [0.5, 0.6) is 0 Å². The molecule has 0 saturated carbocycles. The summed E-state index contributed by atoms with van der Waals surface area (Å²) in [5, 5.41) is 0. The number of aromatic amines is 2. The Kier molecular flexibility index (Phi) is 4.71. The SMILES string of the molecule is Cc1ccc(-c2ccc(-c3nc4c([nH]3)CN(CCc3cnc[nH]3)C=C4)cc2)cc1C. The number of aryl methyl sites for hydroxylation is 2. The summed E-state index contributed by atoms with van der Waals surface area (Å²) in [4.78, 5) is 17.9. The molecule has 1 aliphatic rings. The quantitative estimate of drug-likeness (QED) is 0.493. The van der Waals surface area contributed by atoms with Crippen LogP contribution < -0.4 is 0 Å². The fourth-order valence-corrected chi connectivity index (χ4v) is 3.83. The highest BCUT2D eigenvalue weighted by Crippen LogP contribution is 2.27. The zero-order valence-corrected chi connectivity index (χ0v) is 17.3. The molecule has 150 valence electrons. The Labute approximate surface area is 176 Å². The zero-order chi connectivity index (χ0) is 20.5. The van der Waals surface area contributed by atoms with Crippen LogP contribution in [0, 0.1) is 13.8 Å². The third-order valence-electron chi connectivity index (χ3n) is 5.84. The second-order valence-corrected chi connectivity index (χ2v) is 7.94. The van der Waals surface area contributed by atoms with Crippen molar-refractivity contribution in [1.82, 2.24) is 24.8 Å². The van der Waals surface area contributed by atoms with Crippen LogP contribution in [0.15, 0.2) is 61.2 Å². The van der Waals surface area contributed by atoms with Crippen molar-refractivity contribution in [2.45, 2.75) is 26.8 Å². The molecule has 0 aliphatic carbocycles. The minimum absolute atomic E-state index is 0.841. The van der Waals surface area contributed by atoms with E-state index >= 15 is 0 Å². The van der Waals surface area contributed by atoms with Crippen molar-refractivity contribution in [3.05, 3.63) is 89.4 Å². The average molecular weight is 396 g/mol. The normalized spacial score (nSPS) is 12.9. The van der Waals surface area contributed by atoms with E-state index in [9.17, 15) is 0 Å². The van der Waals surface area contributed by atoms with E-state index in [-0.39, 0.29) is 0 Å². The number of hydrogen-bond donors (Lipinski definition) is 2. The first kappa shape index (κ1) is 18.4. The smallest absolute Gasteiger partial charge is 0.138 e. The summed E-state index contributed by atoms with van der Waals surface area (Å²) in [5.41, 5.74) is 9.57. The van der Waals surface area contributed by atoms with Crippen LogP contribution in [0.3, 0.4) is 0 Å². The van der Waals surface area contributed by atoms with Gasteiger partial charge in [-0.05, 0) is 42.2 Å². The highest BCUT2D eigenvalue weighted by molar-refractivity contribution is 5.69. The molecule has 0 bridgehead atoms. The van der Waals surface area contributed by atoms with E-state index in [4.69, 9.17) is 4.98 Å². The number of nitrogens with one attached hydrogen (secondary N) is 2. The molecular weight excluding hydrogens is 370 g/mol. The predicted molar refractivity (Wildman–Crippen MR) is 121 cm³/mol. The molecule has 4 aromatic rings. The molecule has 5 rings (SSSR count). The van der Waals surface area contributed by atoms with Crippen LogP contribution in [-0.4, -0.2) is 31.4 Å². The summed E-state index contributed by atoms with van der Waals surface area (Å²) in [6, 6.07) is 15.3. The number of nitrogens with zero attached hydrogens (tertiary/aromatic N) is 3. The number of H-pyrrole nitrogens is 2. The monoisotopic (exact) mass is 395 g/mol. The average Bonchev–Trinajstić information content (AvgIpc) is 3.44. The minimum atomic E-state index is 0.841. The molecule has 5 heteroatoms. The molecule has 2 aromatic carbocycles. The first-order valence-corrected chi connectivity index (χ1v) is 10.3. The fourth-order valence-electron chi connectivity index (χ4n) is 3.83. The maximum atomic E-state index is 4.81. The van der Waals surface area contributed by atoms with Gasteiger partial charge in [-0.1, -0.05) is 42.5 Å². The number of aromatic nitrogens is 4. The van der Waals surface area contributed by atoms with Gasteiger partial charge in [0, 0.05) is 36.6 Å². The molecule has 1 aliphatic heterocycles. The second-order valence-electron chi connectivity index (χ2n) is 7.94. The van der Waals surface area contributed by atoms with Gasteiger partial charge in [0.25, 0.3) is 0 Å². The van der Waals surface area contributed by atoms with Crippen molar-refractivity contribution in [3.63, 3.8) is 0 Å². The second kappa shape index (κ2) is 7.67. The topological polar surface area (TPSA) is 60.6 Å². The molecule has 3 heterocycles. The Hall–Kier alpha value is -3.60. The van der Waals surface area contributed by atoms with Gasteiger partial charge in [0.2, 0.25) is 0 Å². The van der Waals surface area contributed by atoms with Crippen LogP contribution in [0.4, 0.5) is 0 Å². The van der Waals surface area contributed by atoms with Gasteiger partial charge in [-0.3, -0.25) is 0 Å². The molecule has 30 heavy (non-hydrogen) atoms. The van der Waals surface area contributed by atoms with Gasteiger partial charge < -0.3 is 14.9 Å². The molecule has 2 N–H and O–H groups in total. The maximum Gasteiger partial charge on any atom is 0.138 e. The van der Waals surface area contributed by atoms with Crippen molar-refractivity contribution in [1.29, 1.82) is 0 Å². The molecule has 0 fully saturated rings. The van der Waals surface area contributed by atoms with E-state index in [1.165, 1.54) is 22.3 Å². The van der Waals surface area contributed by atoms with Gasteiger partial charge >= 0.3 is 0 Å². The van der Waals surface area contributed by atoms with Crippen LogP contribution in [-0.2, 0) is 13.0 Å². The van der Waals surface area contributed by atoms with Crippen LogP contribution in [0.2, 0.25) is 0 Å². The Balaban J connectivity index is 1.30. The number of imidazole rings is 2. The molecule has 5 nitrogen and oxygen atoms in total. The molecule has 0 saturated heterocycles. The fraction of sp³-hybridized carbons (Fsp3) is 0.200. The first-order valence-electron chi connectivity index (χ1n) is 10.3. The van der Waals surface area contributed by atoms with Crippen molar-refractivity contribution in [2.75, 3.05) is 6.54 Å². The zero-order valence-electron chi connectivity index (χ0n) is 17.3. The van der Waals surface area contributed by atoms with Crippen molar-refractivity contribution < 1.29 is 0 Å². The lowest BCUT2D eigenvalue weighted by Gasteiger charge is -2.22. The van der Waals surface area contributed by atoms with Gasteiger partial charge in [-0.2, -0.15) is 0 Å². The van der Waals surface area contributed by atoms with Crippen LogP contribution >= 0.6 is 0 Å². The van der Waals surface area contributed by atoms with Gasteiger partial charge in [0.05, 0.1) is 24.3 Å². The minimum Gasteiger partial charge on any atom is -0.371 e. The van der Waals surface area contributed by atoms with E-state index in [1.807, 2.05) is 6.20 Å². The summed E-state index contributed by atoms with van der Waals surface area (Å²) in [7, 11) is 0. The number of hydrogen-bond acceptors (Lipinski definition) is 3. The van der Waals surface area contributed by atoms with Crippen LogP contribution in [0.25, 0.3) is 28.6 Å². The lowest BCUT2D eigenvalue weighted by atomic mass is 9.99. The van der Waals surface area contributed by atoms with E-state index < -0.39 is 0 Å². The summed E-state index contributed by atoms with van der Waals surface area (Å²) in [6.07, 6.45) is 8.78. The Morgan fingerprint density at radius 2 is 1.77 bits per heavy atom. The molecule has 0 unspecified atom stereocenters. The Bertz CT molecular complexity index is 1180. The highest BCUT2D eigenvalue weighted by atomic mass is 15.1. The summed E-state index contributed by atoms with van der Waals surface area (Å²) < 4.78 is 0. The highest BCUT2D eigenvalue weighted by Gasteiger charge is 2.16. The van der Waals surface area contributed by atoms with E-state index in [1.54, 1.807) is 6.33 Å². The number of fused-ring (bicyclic) bond motifs is 1. The number of rotatable bonds is 5. The standard InChI is InChI=1S/C25H25N5/c1-17-3-4-21(13-18(17)2)19-5-7-20(8-6-19)25-28-23-10-12-30(15-24(23)29-25)11-9-22-14-26-16-27-22/h3-8,10,12-14,16H,9,11,15H2,1-2H3,(H,26,27)(H,28,29). The van der Waals surface area contributed by atoms with Gasteiger partial charge in [-0.25, -0.2) is 9.97 Å². The Morgan fingerprint density at radius 1 is 0.967 bits per heavy atom. The lowest BCUT2D eigenvalue weighted by Crippen LogP contribution is -2.22. The Morgan fingerprint density at radius 3 is 2.53 bits per heavy atom. The molecule has 0 atom stereocenters. The van der Waals surface area contributed by atoms with E-state index in [0.29, 0.717) is 0 Å². The third-order valence-corrected chi connectivity index (χ3v) is 5.84. The van der Waals surface area contributed by atoms with Gasteiger partial charge in [0.1, 0.15) is 5.82 Å². The summed E-state index contributed by atoms with van der Waals surface area (Å²) >= 11 is 0. The lowest BCUT2D eigenvalue weighted by molar-refractivity contribution is 0.365. The summed E-state index contributed by atoms with van der Waals surface area (Å²) in [5.74, 6) is 0.923. The molecular formula is C25H25N5. The van der Waals surface area contributed by atoms with Crippen molar-refractivity contribution >= 4 is 6.08 Å². The van der Waals surface area contributed by atoms with E-state index in [0.717, 1.165) is 48.0 Å². The largest absolute Gasteiger partial charge is 0.371 e. The van der Waals surface area contributed by atoms with Crippen molar-refractivity contribution in [3.8, 4) is 22.5 Å². The van der Waals surface area contributed by atoms with Crippen molar-refractivity contribution in [2.24, 2.45) is 0 Å². The maximum absolute atomic E-state index is 4.81. The number of benzene rings is 2. The molecule has 0 radical (unpaired) electrons. The van der Waals surface area contributed by atoms with Crippen LogP contribution in [0.1, 0.15) is 28.2 Å².